The number of nitrogens with one attached hydrogen (secondary N) is 1. The van der Waals surface area contributed by atoms with Crippen molar-refractivity contribution in [3.05, 3.63) is 94.3 Å². The standard InChI is InChI=1S/C28H35N3/c1-19(2)31-14-11-23(12-15-31)24-8-9-26-27(18-24)25(10-13-30-28(26)21(4)29)17-22-7-5-6-20(3)16-22/h5-9,11,16,18,25,30H,1,10,12-15,17,29H2,2-4H3/b28-21-. The van der Waals surface area contributed by atoms with Crippen molar-refractivity contribution in [3.63, 3.8) is 0 Å². The van der Waals surface area contributed by atoms with Crippen LogP contribution in [-0.2, 0) is 6.42 Å². The molecule has 0 aromatic heterocycles. The largest absolute Gasteiger partial charge is 0.401 e. The van der Waals surface area contributed by atoms with E-state index in [-0.39, 0.29) is 0 Å². The molecule has 4 rings (SSSR count). The van der Waals surface area contributed by atoms with Crippen LogP contribution in [0.4, 0.5) is 0 Å². The summed E-state index contributed by atoms with van der Waals surface area (Å²) in [5.41, 5.74) is 17.6. The van der Waals surface area contributed by atoms with Crippen molar-refractivity contribution in [2.75, 3.05) is 19.6 Å². The average molecular weight is 414 g/mol. The molecule has 0 saturated heterocycles. The fraction of sp³-hybridized carbons (Fsp3) is 0.357. The molecular weight excluding hydrogens is 378 g/mol. The van der Waals surface area contributed by atoms with Gasteiger partial charge in [0.25, 0.3) is 0 Å². The van der Waals surface area contributed by atoms with Crippen molar-refractivity contribution in [1.82, 2.24) is 10.2 Å². The summed E-state index contributed by atoms with van der Waals surface area (Å²) < 4.78 is 0. The molecular formula is C28H35N3. The van der Waals surface area contributed by atoms with E-state index in [4.69, 9.17) is 5.73 Å². The average Bonchev–Trinajstić information content (AvgIpc) is 2.93. The Kier molecular flexibility index (Phi) is 6.22. The molecule has 2 aromatic carbocycles. The summed E-state index contributed by atoms with van der Waals surface area (Å²) in [6.07, 6.45) is 5.59. The van der Waals surface area contributed by atoms with Crippen LogP contribution < -0.4 is 11.1 Å². The zero-order valence-electron chi connectivity index (χ0n) is 19.2. The smallest absolute Gasteiger partial charge is 0.0604 e. The maximum atomic E-state index is 6.29. The molecule has 3 nitrogen and oxygen atoms in total. The molecule has 2 heterocycles. The van der Waals surface area contributed by atoms with Gasteiger partial charge in [0.05, 0.1) is 5.70 Å². The predicted molar refractivity (Wildman–Crippen MR) is 132 cm³/mol. The van der Waals surface area contributed by atoms with Gasteiger partial charge in [-0.1, -0.05) is 60.7 Å². The number of allylic oxidation sites excluding steroid dienone is 2. The number of benzene rings is 2. The monoisotopic (exact) mass is 413 g/mol. The molecule has 2 aliphatic heterocycles. The van der Waals surface area contributed by atoms with Gasteiger partial charge in [0.2, 0.25) is 0 Å². The van der Waals surface area contributed by atoms with Crippen LogP contribution in [-0.4, -0.2) is 24.5 Å². The SMILES string of the molecule is C=C(C)N1CC=C(c2ccc3c(c2)C(Cc2cccc(C)c2)CCN/C3=C(/C)N)CC1. The van der Waals surface area contributed by atoms with Crippen LogP contribution >= 0.6 is 0 Å². The molecule has 31 heavy (non-hydrogen) atoms. The third-order valence-electron chi connectivity index (χ3n) is 6.63. The van der Waals surface area contributed by atoms with E-state index < -0.39 is 0 Å². The molecule has 2 aliphatic rings. The molecule has 0 radical (unpaired) electrons. The second-order valence-corrected chi connectivity index (χ2v) is 9.13. The van der Waals surface area contributed by atoms with E-state index in [1.807, 2.05) is 6.92 Å². The minimum atomic E-state index is 0.470. The lowest BCUT2D eigenvalue weighted by Crippen LogP contribution is -2.26. The Bertz CT molecular complexity index is 1040. The maximum Gasteiger partial charge on any atom is 0.0604 e. The van der Waals surface area contributed by atoms with E-state index in [9.17, 15) is 0 Å². The molecule has 1 unspecified atom stereocenters. The van der Waals surface area contributed by atoms with Crippen LogP contribution in [0, 0.1) is 6.92 Å². The van der Waals surface area contributed by atoms with Crippen LogP contribution in [0.3, 0.4) is 0 Å². The van der Waals surface area contributed by atoms with Crippen molar-refractivity contribution < 1.29 is 0 Å². The van der Waals surface area contributed by atoms with Gasteiger partial charge in [-0.3, -0.25) is 0 Å². The van der Waals surface area contributed by atoms with Gasteiger partial charge in [-0.15, -0.1) is 0 Å². The molecule has 0 aliphatic carbocycles. The second-order valence-electron chi connectivity index (χ2n) is 9.13. The van der Waals surface area contributed by atoms with E-state index in [1.54, 1.807) is 0 Å². The fourth-order valence-corrected chi connectivity index (χ4v) is 4.92. The third-order valence-corrected chi connectivity index (χ3v) is 6.63. The topological polar surface area (TPSA) is 41.3 Å². The van der Waals surface area contributed by atoms with E-state index in [2.05, 4.69) is 79.2 Å². The van der Waals surface area contributed by atoms with Gasteiger partial charge in [-0.2, -0.15) is 0 Å². The molecule has 0 amide bonds. The zero-order valence-corrected chi connectivity index (χ0v) is 19.2. The fourth-order valence-electron chi connectivity index (χ4n) is 4.92. The van der Waals surface area contributed by atoms with Gasteiger partial charge in [0.1, 0.15) is 0 Å². The quantitative estimate of drug-likeness (QED) is 0.687. The van der Waals surface area contributed by atoms with Crippen molar-refractivity contribution in [3.8, 4) is 0 Å². The molecule has 0 fully saturated rings. The van der Waals surface area contributed by atoms with Gasteiger partial charge in [0.15, 0.2) is 0 Å². The van der Waals surface area contributed by atoms with Crippen molar-refractivity contribution in [1.29, 1.82) is 0 Å². The summed E-state index contributed by atoms with van der Waals surface area (Å²) in [7, 11) is 0. The minimum absolute atomic E-state index is 0.470. The molecule has 0 saturated carbocycles. The molecule has 162 valence electrons. The molecule has 0 bridgehead atoms. The number of hydrogen-bond donors (Lipinski definition) is 2. The first-order valence-corrected chi connectivity index (χ1v) is 11.4. The minimum Gasteiger partial charge on any atom is -0.401 e. The van der Waals surface area contributed by atoms with Crippen molar-refractivity contribution in [2.24, 2.45) is 5.73 Å². The summed E-state index contributed by atoms with van der Waals surface area (Å²) in [6, 6.07) is 15.9. The van der Waals surface area contributed by atoms with Gasteiger partial charge < -0.3 is 16.0 Å². The first-order chi connectivity index (χ1) is 14.9. The second kappa shape index (κ2) is 9.05. The number of fused-ring (bicyclic) bond motifs is 1. The summed E-state index contributed by atoms with van der Waals surface area (Å²) >= 11 is 0. The Morgan fingerprint density at radius 1 is 1.19 bits per heavy atom. The van der Waals surface area contributed by atoms with Crippen LogP contribution in [0.15, 0.2) is 66.5 Å². The normalized spacial score (nSPS) is 20.3. The summed E-state index contributed by atoms with van der Waals surface area (Å²) in [6.45, 7) is 13.3. The van der Waals surface area contributed by atoms with Crippen LogP contribution in [0.1, 0.15) is 60.4 Å². The highest BCUT2D eigenvalue weighted by Gasteiger charge is 2.24. The Balaban J connectivity index is 1.72. The van der Waals surface area contributed by atoms with E-state index in [1.165, 1.54) is 33.4 Å². The summed E-state index contributed by atoms with van der Waals surface area (Å²) in [5, 5.41) is 3.61. The van der Waals surface area contributed by atoms with Gasteiger partial charge in [-0.05, 0) is 68.2 Å². The molecule has 1 atom stereocenters. The first-order valence-electron chi connectivity index (χ1n) is 11.4. The van der Waals surface area contributed by atoms with E-state index >= 15 is 0 Å². The molecule has 0 spiro atoms. The highest BCUT2D eigenvalue weighted by Crippen LogP contribution is 2.36. The Morgan fingerprint density at radius 3 is 2.71 bits per heavy atom. The number of nitrogens with two attached hydrogens (primary N) is 1. The lowest BCUT2D eigenvalue weighted by atomic mass is 9.84. The number of aryl methyl sites for hydroxylation is 1. The van der Waals surface area contributed by atoms with Gasteiger partial charge in [-0.25, -0.2) is 0 Å². The van der Waals surface area contributed by atoms with Gasteiger partial charge in [0, 0.05) is 36.6 Å². The predicted octanol–water partition coefficient (Wildman–Crippen LogP) is 5.58. The lowest BCUT2D eigenvalue weighted by molar-refractivity contribution is 0.381. The van der Waals surface area contributed by atoms with Crippen LogP contribution in [0.5, 0.6) is 0 Å². The van der Waals surface area contributed by atoms with Crippen molar-refractivity contribution in [2.45, 2.75) is 46.0 Å². The molecule has 2 aromatic rings. The highest BCUT2D eigenvalue weighted by atomic mass is 15.1. The van der Waals surface area contributed by atoms with E-state index in [0.29, 0.717) is 5.92 Å². The number of hydrogen-bond acceptors (Lipinski definition) is 3. The first kappa shape index (κ1) is 21.3. The number of rotatable bonds is 4. The Morgan fingerprint density at radius 2 is 2.03 bits per heavy atom. The van der Waals surface area contributed by atoms with Crippen molar-refractivity contribution >= 4 is 11.3 Å². The zero-order chi connectivity index (χ0) is 22.0. The molecule has 3 heteroatoms. The molecule has 3 N–H and O–H groups in total. The van der Waals surface area contributed by atoms with Crippen LogP contribution in [0.25, 0.3) is 11.3 Å². The third kappa shape index (κ3) is 4.71. The summed E-state index contributed by atoms with van der Waals surface area (Å²) in [5.74, 6) is 0.470. The highest BCUT2D eigenvalue weighted by molar-refractivity contribution is 5.75. The maximum absolute atomic E-state index is 6.29. The summed E-state index contributed by atoms with van der Waals surface area (Å²) in [4.78, 5) is 2.34. The van der Waals surface area contributed by atoms with E-state index in [0.717, 1.165) is 56.0 Å². The Labute approximate surface area is 187 Å². The van der Waals surface area contributed by atoms with Gasteiger partial charge >= 0.3 is 0 Å². The Hall–Kier alpha value is -2.94. The van der Waals surface area contributed by atoms with Crippen LogP contribution in [0.2, 0.25) is 0 Å². The lowest BCUT2D eigenvalue weighted by Gasteiger charge is -2.29. The number of nitrogens with zero attached hydrogens (tertiary/aromatic N) is 1.